The first-order chi connectivity index (χ1) is 8.47. The van der Waals surface area contributed by atoms with Crippen LogP contribution in [0.2, 0.25) is 0 Å². The van der Waals surface area contributed by atoms with Crippen molar-refractivity contribution in [2.24, 2.45) is 0 Å². The standard InChI is InChI=1S/C10H16N2O5S/c13-5-3-1-2-4-12-18(16,17)8-6-9(10(14)15)11-7-8/h6-7,11-13H,1-5H2,(H,14,15). The Hall–Kier alpha value is -1.38. The number of carbonyl (C=O) groups is 1. The molecule has 8 heteroatoms. The molecule has 18 heavy (non-hydrogen) atoms. The molecule has 1 rings (SSSR count). The molecular formula is C10H16N2O5S. The highest BCUT2D eigenvalue weighted by molar-refractivity contribution is 7.89. The fourth-order valence-electron chi connectivity index (χ4n) is 1.36. The van der Waals surface area contributed by atoms with Gasteiger partial charge in [0, 0.05) is 19.3 Å². The Labute approximate surface area is 105 Å². The first-order valence-corrected chi connectivity index (χ1v) is 6.98. The molecule has 0 spiro atoms. The Morgan fingerprint density at radius 1 is 1.33 bits per heavy atom. The highest BCUT2D eigenvalue weighted by atomic mass is 32.2. The van der Waals surface area contributed by atoms with Gasteiger partial charge in [-0.25, -0.2) is 17.9 Å². The number of aromatic nitrogens is 1. The van der Waals surface area contributed by atoms with Crippen LogP contribution in [0.5, 0.6) is 0 Å². The van der Waals surface area contributed by atoms with Crippen LogP contribution in [0.3, 0.4) is 0 Å². The third-order valence-electron chi connectivity index (χ3n) is 2.32. The van der Waals surface area contributed by atoms with Gasteiger partial charge in [0.05, 0.1) is 0 Å². The number of nitrogens with one attached hydrogen (secondary N) is 2. The summed E-state index contributed by atoms with van der Waals surface area (Å²) in [6, 6.07) is 1.07. The van der Waals surface area contributed by atoms with E-state index >= 15 is 0 Å². The first-order valence-electron chi connectivity index (χ1n) is 5.49. The lowest BCUT2D eigenvalue weighted by atomic mass is 10.2. The highest BCUT2D eigenvalue weighted by Gasteiger charge is 2.17. The molecule has 0 saturated heterocycles. The summed E-state index contributed by atoms with van der Waals surface area (Å²) in [6.45, 7) is 0.350. The molecule has 0 aliphatic rings. The molecule has 0 bridgehead atoms. The summed E-state index contributed by atoms with van der Waals surface area (Å²) < 4.78 is 25.8. The monoisotopic (exact) mass is 276 g/mol. The summed E-state index contributed by atoms with van der Waals surface area (Å²) in [7, 11) is -3.67. The molecule has 4 N–H and O–H groups in total. The molecule has 0 aliphatic carbocycles. The van der Waals surface area contributed by atoms with Gasteiger partial charge in [0.15, 0.2) is 0 Å². The van der Waals surface area contributed by atoms with E-state index in [2.05, 4.69) is 9.71 Å². The molecule has 1 heterocycles. The topological polar surface area (TPSA) is 119 Å². The Kier molecular flexibility index (Phi) is 5.32. The van der Waals surface area contributed by atoms with Crippen LogP contribution >= 0.6 is 0 Å². The maximum atomic E-state index is 11.7. The smallest absolute Gasteiger partial charge is 0.352 e. The summed E-state index contributed by atoms with van der Waals surface area (Å²) in [5.41, 5.74) is -0.171. The third kappa shape index (κ3) is 4.13. The molecule has 7 nitrogen and oxygen atoms in total. The van der Waals surface area contributed by atoms with Gasteiger partial charge in [-0.05, 0) is 25.3 Å². The minimum Gasteiger partial charge on any atom is -0.477 e. The quantitative estimate of drug-likeness (QED) is 0.504. The average molecular weight is 276 g/mol. The summed E-state index contributed by atoms with van der Waals surface area (Å²) in [6.07, 6.45) is 3.12. The molecule has 0 saturated carbocycles. The summed E-state index contributed by atoms with van der Waals surface area (Å²) in [4.78, 5) is 12.9. The van der Waals surface area contributed by atoms with Crippen molar-refractivity contribution >= 4 is 16.0 Å². The van der Waals surface area contributed by atoms with Crippen molar-refractivity contribution in [3.05, 3.63) is 18.0 Å². The zero-order valence-corrected chi connectivity index (χ0v) is 10.5. The predicted octanol–water partition coefficient (Wildman–Crippen LogP) is 0.154. The summed E-state index contributed by atoms with van der Waals surface area (Å²) in [5, 5.41) is 17.2. The Bertz CT molecular complexity index is 494. The van der Waals surface area contributed by atoms with E-state index in [9.17, 15) is 13.2 Å². The van der Waals surface area contributed by atoms with Crippen LogP contribution < -0.4 is 4.72 Å². The van der Waals surface area contributed by atoms with Gasteiger partial charge in [-0.2, -0.15) is 0 Å². The number of sulfonamides is 1. The van der Waals surface area contributed by atoms with E-state index < -0.39 is 16.0 Å². The minimum atomic E-state index is -3.67. The number of H-pyrrole nitrogens is 1. The van der Waals surface area contributed by atoms with Crippen molar-refractivity contribution < 1.29 is 23.4 Å². The second kappa shape index (κ2) is 6.53. The van der Waals surface area contributed by atoms with Gasteiger partial charge in [0.25, 0.3) is 0 Å². The van der Waals surface area contributed by atoms with E-state index in [1.54, 1.807) is 0 Å². The van der Waals surface area contributed by atoms with Crippen molar-refractivity contribution in [2.75, 3.05) is 13.2 Å². The van der Waals surface area contributed by atoms with Crippen molar-refractivity contribution in [3.63, 3.8) is 0 Å². The first kappa shape index (κ1) is 14.7. The molecular weight excluding hydrogens is 260 g/mol. The normalized spacial score (nSPS) is 11.6. The Morgan fingerprint density at radius 2 is 2.06 bits per heavy atom. The zero-order chi connectivity index (χ0) is 13.6. The molecule has 1 aromatic heterocycles. The molecule has 0 fully saturated rings. The van der Waals surface area contributed by atoms with Gasteiger partial charge in [0.2, 0.25) is 10.0 Å². The van der Waals surface area contributed by atoms with Crippen LogP contribution in [0, 0.1) is 0 Å². The number of rotatable bonds is 8. The van der Waals surface area contributed by atoms with Crippen LogP contribution in [0.4, 0.5) is 0 Å². The molecule has 0 unspecified atom stereocenters. The Morgan fingerprint density at radius 3 is 2.61 bits per heavy atom. The lowest BCUT2D eigenvalue weighted by Gasteiger charge is -2.03. The fourth-order valence-corrected chi connectivity index (χ4v) is 2.42. The van der Waals surface area contributed by atoms with Crippen LogP contribution in [0.25, 0.3) is 0 Å². The number of carboxylic acid groups (broad SMARTS) is 1. The number of aliphatic hydroxyl groups is 1. The number of hydrogen-bond acceptors (Lipinski definition) is 4. The van der Waals surface area contributed by atoms with Crippen LogP contribution in [-0.4, -0.2) is 42.7 Å². The van der Waals surface area contributed by atoms with Gasteiger partial charge in [-0.15, -0.1) is 0 Å². The number of hydrogen-bond donors (Lipinski definition) is 4. The van der Waals surface area contributed by atoms with Gasteiger partial charge in [-0.1, -0.05) is 0 Å². The van der Waals surface area contributed by atoms with Crippen LogP contribution in [-0.2, 0) is 10.0 Å². The molecule has 0 radical (unpaired) electrons. The second-order valence-electron chi connectivity index (χ2n) is 3.74. The van der Waals surface area contributed by atoms with E-state index in [1.807, 2.05) is 0 Å². The zero-order valence-electron chi connectivity index (χ0n) is 9.72. The van der Waals surface area contributed by atoms with Crippen molar-refractivity contribution in [3.8, 4) is 0 Å². The number of aromatic carboxylic acids is 1. The molecule has 0 aromatic carbocycles. The molecule has 0 amide bonds. The maximum absolute atomic E-state index is 11.7. The van der Waals surface area contributed by atoms with Crippen LogP contribution in [0.1, 0.15) is 29.8 Å². The van der Waals surface area contributed by atoms with E-state index in [0.717, 1.165) is 18.7 Å². The lowest BCUT2D eigenvalue weighted by molar-refractivity contribution is 0.0691. The SMILES string of the molecule is O=C(O)c1cc(S(=O)(=O)NCCCCCO)c[nH]1. The van der Waals surface area contributed by atoms with Crippen molar-refractivity contribution in [2.45, 2.75) is 24.2 Å². The lowest BCUT2D eigenvalue weighted by Crippen LogP contribution is -2.24. The van der Waals surface area contributed by atoms with Crippen molar-refractivity contribution in [1.82, 2.24) is 9.71 Å². The van der Waals surface area contributed by atoms with Gasteiger partial charge >= 0.3 is 5.97 Å². The van der Waals surface area contributed by atoms with Gasteiger partial charge in [-0.3, -0.25) is 0 Å². The van der Waals surface area contributed by atoms with E-state index in [1.165, 1.54) is 0 Å². The summed E-state index contributed by atoms with van der Waals surface area (Å²) >= 11 is 0. The average Bonchev–Trinajstić information content (AvgIpc) is 2.78. The van der Waals surface area contributed by atoms with Gasteiger partial charge in [0.1, 0.15) is 10.6 Å². The second-order valence-corrected chi connectivity index (χ2v) is 5.50. The van der Waals surface area contributed by atoms with E-state index in [0.29, 0.717) is 12.8 Å². The number of aromatic amines is 1. The molecule has 0 atom stereocenters. The summed E-state index contributed by atoms with van der Waals surface area (Å²) in [5.74, 6) is -1.21. The largest absolute Gasteiger partial charge is 0.477 e. The fraction of sp³-hybridized carbons (Fsp3) is 0.500. The maximum Gasteiger partial charge on any atom is 0.352 e. The van der Waals surface area contributed by atoms with E-state index in [4.69, 9.17) is 10.2 Å². The Balaban J connectivity index is 2.54. The molecule has 0 aliphatic heterocycles. The number of unbranched alkanes of at least 4 members (excludes halogenated alkanes) is 2. The third-order valence-corrected chi connectivity index (χ3v) is 3.76. The van der Waals surface area contributed by atoms with Gasteiger partial charge < -0.3 is 15.2 Å². The minimum absolute atomic E-state index is 0.0898. The molecule has 1 aromatic rings. The number of aliphatic hydroxyl groups excluding tert-OH is 1. The van der Waals surface area contributed by atoms with Crippen LogP contribution in [0.15, 0.2) is 17.2 Å². The predicted molar refractivity (Wildman–Crippen MR) is 63.9 cm³/mol. The highest BCUT2D eigenvalue weighted by Crippen LogP contribution is 2.10. The van der Waals surface area contributed by atoms with E-state index in [-0.39, 0.29) is 23.7 Å². The number of carboxylic acids is 1. The molecule has 102 valence electrons. The van der Waals surface area contributed by atoms with Crippen molar-refractivity contribution in [1.29, 1.82) is 0 Å².